The van der Waals surface area contributed by atoms with Crippen LogP contribution in [0.2, 0.25) is 5.02 Å². The average Bonchev–Trinajstić information content (AvgIpc) is 2.38. The lowest BCUT2D eigenvalue weighted by Crippen LogP contribution is -2.46. The molecule has 1 aromatic rings. The van der Waals surface area contributed by atoms with E-state index in [0.29, 0.717) is 11.6 Å². The maximum absolute atomic E-state index is 10.5. The van der Waals surface area contributed by atoms with Crippen LogP contribution < -0.4 is 10.6 Å². The molecule has 106 valence electrons. The van der Waals surface area contributed by atoms with Crippen LogP contribution in [0.1, 0.15) is 18.9 Å². The Morgan fingerprint density at radius 2 is 2.21 bits per heavy atom. The van der Waals surface area contributed by atoms with Crippen LogP contribution in [0.25, 0.3) is 0 Å². The van der Waals surface area contributed by atoms with Gasteiger partial charge >= 0.3 is 0 Å². The summed E-state index contributed by atoms with van der Waals surface area (Å²) < 4.78 is 0. The van der Waals surface area contributed by atoms with E-state index in [1.807, 2.05) is 18.2 Å². The molecule has 1 aliphatic rings. The molecular formula is C13H19ClIN3O. The molecule has 0 saturated carbocycles. The molecule has 0 spiro atoms. The normalized spacial score (nSPS) is 17.5. The van der Waals surface area contributed by atoms with Gasteiger partial charge in [0.05, 0.1) is 6.54 Å². The Morgan fingerprint density at radius 3 is 2.84 bits per heavy atom. The fourth-order valence-corrected chi connectivity index (χ4v) is 2.24. The average molecular weight is 396 g/mol. The van der Waals surface area contributed by atoms with E-state index in [0.717, 1.165) is 31.0 Å². The molecule has 0 fully saturated rings. The highest BCUT2D eigenvalue weighted by Crippen LogP contribution is 2.27. The summed E-state index contributed by atoms with van der Waals surface area (Å²) >= 11 is 6.10. The lowest BCUT2D eigenvalue weighted by molar-refractivity contribution is 0.0617. The molecule has 0 saturated heterocycles. The van der Waals surface area contributed by atoms with Crippen LogP contribution in [0.4, 0.5) is 0 Å². The number of rotatable bonds is 3. The molecule has 1 aliphatic heterocycles. The van der Waals surface area contributed by atoms with Crippen molar-refractivity contribution in [2.24, 2.45) is 4.99 Å². The van der Waals surface area contributed by atoms with Gasteiger partial charge in [0.2, 0.25) is 0 Å². The standard InChI is InChI=1S/C13H18ClN3O.HI/c1-13(18,10-5-2-3-6-11(10)14)9-17-12-15-7-4-8-16-12;/h2-3,5-6,18H,4,7-9H2,1H3,(H2,15,16,17);1H. The minimum atomic E-state index is -1.03. The molecule has 0 radical (unpaired) electrons. The number of nitrogens with one attached hydrogen (secondary N) is 2. The van der Waals surface area contributed by atoms with Gasteiger partial charge in [-0.15, -0.1) is 24.0 Å². The third kappa shape index (κ3) is 4.50. The summed E-state index contributed by atoms with van der Waals surface area (Å²) in [5.41, 5.74) is -0.310. The van der Waals surface area contributed by atoms with Gasteiger partial charge in [0.1, 0.15) is 5.60 Å². The zero-order chi connectivity index (χ0) is 13.0. The van der Waals surface area contributed by atoms with Gasteiger partial charge in [-0.1, -0.05) is 29.8 Å². The molecule has 0 aliphatic carbocycles. The van der Waals surface area contributed by atoms with E-state index in [9.17, 15) is 5.11 Å². The first kappa shape index (κ1) is 16.5. The highest BCUT2D eigenvalue weighted by Gasteiger charge is 2.25. The third-order valence-electron chi connectivity index (χ3n) is 2.95. The molecule has 2 rings (SSSR count). The van der Waals surface area contributed by atoms with Crippen molar-refractivity contribution in [3.8, 4) is 0 Å². The molecule has 19 heavy (non-hydrogen) atoms. The van der Waals surface area contributed by atoms with Crippen molar-refractivity contribution in [3.63, 3.8) is 0 Å². The first-order valence-corrected chi connectivity index (χ1v) is 6.47. The Hall–Kier alpha value is -0.530. The quantitative estimate of drug-likeness (QED) is 0.687. The number of aliphatic imine (C=N–C) groups is 1. The van der Waals surface area contributed by atoms with Gasteiger partial charge < -0.3 is 15.7 Å². The molecule has 4 nitrogen and oxygen atoms in total. The summed E-state index contributed by atoms with van der Waals surface area (Å²) in [6.07, 6.45) is 1.05. The Labute approximate surface area is 135 Å². The number of hydrogen-bond donors (Lipinski definition) is 3. The van der Waals surface area contributed by atoms with E-state index in [4.69, 9.17) is 11.6 Å². The molecule has 1 heterocycles. The van der Waals surface area contributed by atoms with Crippen molar-refractivity contribution in [1.82, 2.24) is 10.6 Å². The van der Waals surface area contributed by atoms with E-state index >= 15 is 0 Å². The zero-order valence-corrected chi connectivity index (χ0v) is 13.9. The van der Waals surface area contributed by atoms with Gasteiger partial charge in [0.25, 0.3) is 0 Å². The largest absolute Gasteiger partial charge is 0.384 e. The van der Waals surface area contributed by atoms with E-state index in [2.05, 4.69) is 15.6 Å². The molecule has 1 aromatic carbocycles. The SMILES string of the molecule is CC(O)(CNC1=NCCCN1)c1ccccc1Cl.I. The summed E-state index contributed by atoms with van der Waals surface area (Å²) in [4.78, 5) is 4.30. The zero-order valence-electron chi connectivity index (χ0n) is 10.8. The van der Waals surface area contributed by atoms with Gasteiger partial charge in [0, 0.05) is 23.7 Å². The van der Waals surface area contributed by atoms with Gasteiger partial charge in [0.15, 0.2) is 5.96 Å². The van der Waals surface area contributed by atoms with Gasteiger partial charge in [-0.05, 0) is 19.4 Å². The molecule has 3 N–H and O–H groups in total. The maximum atomic E-state index is 10.5. The van der Waals surface area contributed by atoms with Gasteiger partial charge in [-0.2, -0.15) is 0 Å². The highest BCUT2D eigenvalue weighted by atomic mass is 127. The second kappa shape index (κ2) is 7.31. The van der Waals surface area contributed by atoms with Crippen LogP contribution >= 0.6 is 35.6 Å². The number of halogens is 2. The number of nitrogens with zero attached hydrogens (tertiary/aromatic N) is 1. The molecule has 0 aromatic heterocycles. The van der Waals surface area contributed by atoms with E-state index in [1.165, 1.54) is 0 Å². The van der Waals surface area contributed by atoms with Crippen LogP contribution in [0.15, 0.2) is 29.3 Å². The molecule has 1 unspecified atom stereocenters. The van der Waals surface area contributed by atoms with Crippen molar-refractivity contribution in [1.29, 1.82) is 0 Å². The first-order valence-electron chi connectivity index (χ1n) is 6.09. The molecule has 1 atom stereocenters. The smallest absolute Gasteiger partial charge is 0.191 e. The molecule has 6 heteroatoms. The van der Waals surface area contributed by atoms with E-state index < -0.39 is 5.60 Å². The van der Waals surface area contributed by atoms with Crippen LogP contribution in [0.5, 0.6) is 0 Å². The van der Waals surface area contributed by atoms with Crippen molar-refractivity contribution >= 4 is 41.5 Å². The Bertz CT molecular complexity index is 451. The minimum absolute atomic E-state index is 0. The van der Waals surface area contributed by atoms with Crippen LogP contribution in [-0.4, -0.2) is 30.7 Å². The number of benzene rings is 1. The Kier molecular flexibility index (Phi) is 6.35. The third-order valence-corrected chi connectivity index (χ3v) is 3.28. The summed E-state index contributed by atoms with van der Waals surface area (Å²) in [5.74, 6) is 0.744. The summed E-state index contributed by atoms with van der Waals surface area (Å²) in [6, 6.07) is 7.33. The fourth-order valence-electron chi connectivity index (χ4n) is 1.90. The van der Waals surface area contributed by atoms with Gasteiger partial charge in [-0.3, -0.25) is 4.99 Å². The summed E-state index contributed by atoms with van der Waals surface area (Å²) in [5, 5.41) is 17.3. The first-order chi connectivity index (χ1) is 8.59. The summed E-state index contributed by atoms with van der Waals surface area (Å²) in [6.45, 7) is 3.84. The predicted octanol–water partition coefficient (Wildman–Crippen LogP) is 2.10. The predicted molar refractivity (Wildman–Crippen MR) is 89.4 cm³/mol. The molecular weight excluding hydrogens is 377 g/mol. The summed E-state index contributed by atoms with van der Waals surface area (Å²) in [7, 11) is 0. The minimum Gasteiger partial charge on any atom is -0.384 e. The van der Waals surface area contributed by atoms with Crippen molar-refractivity contribution < 1.29 is 5.11 Å². The van der Waals surface area contributed by atoms with Crippen molar-refractivity contribution in [3.05, 3.63) is 34.9 Å². The number of aliphatic hydroxyl groups is 1. The van der Waals surface area contributed by atoms with Crippen LogP contribution in [0.3, 0.4) is 0 Å². The number of guanidine groups is 1. The molecule has 0 amide bonds. The topological polar surface area (TPSA) is 56.6 Å². The Morgan fingerprint density at radius 1 is 1.47 bits per heavy atom. The van der Waals surface area contributed by atoms with E-state index in [-0.39, 0.29) is 24.0 Å². The lowest BCUT2D eigenvalue weighted by Gasteiger charge is -2.27. The fraction of sp³-hybridized carbons (Fsp3) is 0.462. The van der Waals surface area contributed by atoms with Crippen LogP contribution in [0, 0.1) is 0 Å². The highest BCUT2D eigenvalue weighted by molar-refractivity contribution is 14.0. The Balaban J connectivity index is 0.00000180. The van der Waals surface area contributed by atoms with Gasteiger partial charge in [-0.25, -0.2) is 0 Å². The molecule has 0 bridgehead atoms. The van der Waals surface area contributed by atoms with Crippen LogP contribution in [-0.2, 0) is 5.60 Å². The second-order valence-corrected chi connectivity index (χ2v) is 5.03. The van der Waals surface area contributed by atoms with Crippen molar-refractivity contribution in [2.45, 2.75) is 18.9 Å². The second-order valence-electron chi connectivity index (χ2n) is 4.62. The van der Waals surface area contributed by atoms with E-state index in [1.54, 1.807) is 13.0 Å². The lowest BCUT2D eigenvalue weighted by atomic mass is 9.96. The number of hydrogen-bond acceptors (Lipinski definition) is 4. The monoisotopic (exact) mass is 395 g/mol. The van der Waals surface area contributed by atoms with Crippen molar-refractivity contribution in [2.75, 3.05) is 19.6 Å². The maximum Gasteiger partial charge on any atom is 0.191 e.